The van der Waals surface area contributed by atoms with Crippen LogP contribution in [0.1, 0.15) is 11.5 Å². The highest BCUT2D eigenvalue weighted by Gasteiger charge is 2.29. The van der Waals surface area contributed by atoms with Crippen LogP contribution in [0, 0.1) is 0 Å². The molecule has 14 heavy (non-hydrogen) atoms. The lowest BCUT2D eigenvalue weighted by Gasteiger charge is -2.17. The Morgan fingerprint density at radius 3 is 2.14 bits per heavy atom. The third-order valence-corrected chi connectivity index (χ3v) is 4.75. The molecule has 1 aromatic carbocycles. The highest BCUT2D eigenvalue weighted by Crippen LogP contribution is 2.34. The summed E-state index contributed by atoms with van der Waals surface area (Å²) in [6, 6.07) is 8.13. The molecule has 1 atom stereocenters. The molecule has 0 nitrogen and oxygen atoms in total. The maximum Gasteiger partial charge on any atom is 0.342 e. The van der Waals surface area contributed by atoms with Crippen LogP contribution in [0.5, 0.6) is 0 Å². The second-order valence-electron chi connectivity index (χ2n) is 3.11. The molecule has 78 valence electrons. The van der Waals surface area contributed by atoms with E-state index in [0.717, 1.165) is 0 Å². The summed E-state index contributed by atoms with van der Waals surface area (Å²) in [5.41, 5.74) is 1.20. The van der Waals surface area contributed by atoms with Crippen LogP contribution in [0.4, 0.5) is 0 Å². The molecular formula is C9H11Cl3SSi. The zero-order valence-corrected chi connectivity index (χ0v) is 11.6. The number of thiol groups is 1. The monoisotopic (exact) mass is 284 g/mol. The van der Waals surface area contributed by atoms with Gasteiger partial charge in [0.25, 0.3) is 0 Å². The molecule has 1 rings (SSSR count). The summed E-state index contributed by atoms with van der Waals surface area (Å²) in [4.78, 5) is 0. The molecule has 0 aliphatic carbocycles. The van der Waals surface area contributed by atoms with Gasteiger partial charge >= 0.3 is 6.00 Å². The van der Waals surface area contributed by atoms with Gasteiger partial charge in [-0.25, -0.2) is 0 Å². The van der Waals surface area contributed by atoms with Crippen molar-refractivity contribution < 1.29 is 0 Å². The van der Waals surface area contributed by atoms with Crippen molar-refractivity contribution in [3.8, 4) is 0 Å². The van der Waals surface area contributed by atoms with Crippen LogP contribution in [0.3, 0.4) is 0 Å². The van der Waals surface area contributed by atoms with Crippen LogP contribution in [0.25, 0.3) is 0 Å². The Balaban J connectivity index is 2.73. The largest absolute Gasteiger partial charge is 0.342 e. The van der Waals surface area contributed by atoms with Gasteiger partial charge in [-0.1, -0.05) is 30.3 Å². The van der Waals surface area contributed by atoms with Crippen molar-refractivity contribution in [2.75, 3.05) is 5.75 Å². The number of benzene rings is 1. The minimum Gasteiger partial charge on any atom is -0.179 e. The van der Waals surface area contributed by atoms with Gasteiger partial charge in [0.1, 0.15) is 0 Å². The van der Waals surface area contributed by atoms with Crippen molar-refractivity contribution in [3.05, 3.63) is 35.9 Å². The van der Waals surface area contributed by atoms with E-state index in [1.807, 2.05) is 30.3 Å². The van der Waals surface area contributed by atoms with Gasteiger partial charge in [0.2, 0.25) is 0 Å². The van der Waals surface area contributed by atoms with E-state index >= 15 is 0 Å². The SMILES string of the molecule is SCC(C[Si](Cl)(Cl)Cl)c1ccccc1. The molecule has 0 saturated heterocycles. The number of hydrogen-bond acceptors (Lipinski definition) is 1. The Morgan fingerprint density at radius 2 is 1.71 bits per heavy atom. The zero-order chi connectivity index (χ0) is 10.6. The molecule has 0 bridgehead atoms. The van der Waals surface area contributed by atoms with E-state index in [2.05, 4.69) is 12.6 Å². The average molecular weight is 286 g/mol. The summed E-state index contributed by atoms with van der Waals surface area (Å²) in [5, 5.41) is 0. The molecular weight excluding hydrogens is 275 g/mol. The molecule has 0 aliphatic heterocycles. The number of halogens is 3. The van der Waals surface area contributed by atoms with Crippen LogP contribution in [-0.2, 0) is 0 Å². The van der Waals surface area contributed by atoms with Crippen LogP contribution >= 0.6 is 45.9 Å². The van der Waals surface area contributed by atoms with E-state index in [1.54, 1.807) is 0 Å². The normalized spacial score (nSPS) is 14.0. The van der Waals surface area contributed by atoms with Crippen LogP contribution in [0.15, 0.2) is 30.3 Å². The standard InChI is InChI=1S/C9H11Cl3SSi/c10-14(11,12)7-9(6-13)8-4-2-1-3-5-8/h1-5,9,13H,6-7H2. The summed E-state index contributed by atoms with van der Waals surface area (Å²) in [6.07, 6.45) is 0. The molecule has 0 aromatic heterocycles. The first kappa shape index (κ1) is 12.7. The Bertz CT molecular complexity index is 273. The van der Waals surface area contributed by atoms with Crippen molar-refractivity contribution in [2.45, 2.75) is 12.0 Å². The van der Waals surface area contributed by atoms with Gasteiger partial charge in [-0.3, -0.25) is 0 Å². The molecule has 0 heterocycles. The number of rotatable bonds is 4. The third-order valence-electron chi connectivity index (χ3n) is 1.97. The van der Waals surface area contributed by atoms with Crippen molar-refractivity contribution in [3.63, 3.8) is 0 Å². The molecule has 0 saturated carbocycles. The second-order valence-corrected chi connectivity index (χ2v) is 12.7. The van der Waals surface area contributed by atoms with E-state index in [4.69, 9.17) is 33.2 Å². The Labute approximate surface area is 105 Å². The second kappa shape index (κ2) is 5.66. The van der Waals surface area contributed by atoms with Crippen molar-refractivity contribution in [2.24, 2.45) is 0 Å². The lowest BCUT2D eigenvalue weighted by Crippen LogP contribution is -2.15. The highest BCUT2D eigenvalue weighted by molar-refractivity contribution is 7.80. The van der Waals surface area contributed by atoms with E-state index in [0.29, 0.717) is 11.8 Å². The summed E-state index contributed by atoms with van der Waals surface area (Å²) in [5.74, 6) is 0.962. The predicted molar refractivity (Wildman–Crippen MR) is 71.2 cm³/mol. The quantitative estimate of drug-likeness (QED) is 0.474. The Kier molecular flexibility index (Phi) is 5.15. The maximum absolute atomic E-state index is 5.89. The third kappa shape index (κ3) is 4.45. The van der Waals surface area contributed by atoms with Gasteiger partial charge in [-0.15, -0.1) is 33.2 Å². The van der Waals surface area contributed by atoms with Crippen molar-refractivity contribution in [1.29, 1.82) is 0 Å². The number of hydrogen-bond donors (Lipinski definition) is 1. The summed E-state index contributed by atoms with van der Waals surface area (Å²) < 4.78 is 0. The lowest BCUT2D eigenvalue weighted by molar-refractivity contribution is 0.876. The summed E-state index contributed by atoms with van der Waals surface area (Å²) >= 11 is 22.0. The first-order valence-electron chi connectivity index (χ1n) is 4.25. The van der Waals surface area contributed by atoms with E-state index in [-0.39, 0.29) is 5.92 Å². The van der Waals surface area contributed by atoms with Gasteiger partial charge in [0.15, 0.2) is 0 Å². The zero-order valence-electron chi connectivity index (χ0n) is 7.46. The average Bonchev–Trinajstić information content (AvgIpc) is 2.14. The fraction of sp³-hybridized carbons (Fsp3) is 0.333. The Morgan fingerprint density at radius 1 is 1.14 bits per heavy atom. The Hall–Kier alpha value is 0.657. The maximum atomic E-state index is 5.89. The van der Waals surface area contributed by atoms with Crippen LogP contribution in [-0.4, -0.2) is 11.8 Å². The first-order chi connectivity index (χ1) is 6.53. The molecule has 0 fully saturated rings. The topological polar surface area (TPSA) is 0 Å². The fourth-order valence-corrected chi connectivity index (χ4v) is 4.49. The molecule has 1 unspecified atom stereocenters. The fourth-order valence-electron chi connectivity index (χ4n) is 1.29. The van der Waals surface area contributed by atoms with Gasteiger partial charge < -0.3 is 0 Å². The van der Waals surface area contributed by atoms with E-state index in [1.165, 1.54) is 5.56 Å². The molecule has 0 amide bonds. The van der Waals surface area contributed by atoms with Crippen molar-refractivity contribution in [1.82, 2.24) is 0 Å². The lowest BCUT2D eigenvalue weighted by atomic mass is 10.0. The van der Waals surface area contributed by atoms with E-state index in [9.17, 15) is 0 Å². The van der Waals surface area contributed by atoms with Crippen molar-refractivity contribution >= 4 is 51.9 Å². The first-order valence-corrected chi connectivity index (χ1v) is 10.1. The van der Waals surface area contributed by atoms with Gasteiger partial charge in [-0.05, 0) is 23.3 Å². The molecule has 5 heteroatoms. The predicted octanol–water partition coefficient (Wildman–Crippen LogP) is 4.36. The minimum atomic E-state index is -2.56. The van der Waals surface area contributed by atoms with Crippen LogP contribution in [0.2, 0.25) is 6.04 Å². The molecule has 0 spiro atoms. The van der Waals surface area contributed by atoms with E-state index < -0.39 is 6.00 Å². The molecule has 0 radical (unpaired) electrons. The molecule has 0 aliphatic rings. The van der Waals surface area contributed by atoms with Gasteiger partial charge in [-0.2, -0.15) is 12.6 Å². The van der Waals surface area contributed by atoms with Crippen LogP contribution < -0.4 is 0 Å². The summed E-state index contributed by atoms with van der Waals surface area (Å²) in [6.45, 7) is 0. The van der Waals surface area contributed by atoms with Gasteiger partial charge in [0, 0.05) is 0 Å². The van der Waals surface area contributed by atoms with Gasteiger partial charge in [0.05, 0.1) is 0 Å². The minimum absolute atomic E-state index is 0.249. The highest BCUT2D eigenvalue weighted by atomic mass is 35.8. The summed E-state index contributed by atoms with van der Waals surface area (Å²) in [7, 11) is 0. The molecule has 1 aromatic rings. The molecule has 0 N–H and O–H groups in total. The smallest absolute Gasteiger partial charge is 0.179 e.